The molecule has 1 N–H and O–H groups in total. The average molecular weight is 363 g/mol. The number of methoxy groups -OCH3 is 1. The minimum atomic E-state index is -1.03. The molecule has 3 rings (SSSR count). The molecule has 0 unspecified atom stereocenters. The molecular weight excluding hydrogens is 338 g/mol. The molecule has 0 aromatic heterocycles. The second-order valence-corrected chi connectivity index (χ2v) is 7.32. The molecule has 4 nitrogen and oxygen atoms in total. The predicted molar refractivity (Wildman–Crippen MR) is 106 cm³/mol. The Bertz CT molecular complexity index is 869. The molecule has 1 heterocycles. The van der Waals surface area contributed by atoms with E-state index in [9.17, 15) is 9.90 Å². The van der Waals surface area contributed by atoms with Crippen LogP contribution in [0.3, 0.4) is 0 Å². The number of benzene rings is 2. The van der Waals surface area contributed by atoms with Crippen LogP contribution < -0.4 is 4.74 Å². The Kier molecular flexibility index (Phi) is 5.53. The summed E-state index contributed by atoms with van der Waals surface area (Å²) in [5.74, 6) is 6.55. The zero-order chi connectivity index (χ0) is 19.4. The van der Waals surface area contributed by atoms with Crippen molar-refractivity contribution in [2.45, 2.75) is 38.3 Å². The lowest BCUT2D eigenvalue weighted by atomic mass is 10.0. The molecule has 4 heteroatoms. The first kappa shape index (κ1) is 19.0. The van der Waals surface area contributed by atoms with Crippen molar-refractivity contribution in [3.8, 4) is 17.6 Å². The van der Waals surface area contributed by atoms with Gasteiger partial charge in [0, 0.05) is 17.7 Å². The highest BCUT2D eigenvalue weighted by molar-refractivity contribution is 5.94. The van der Waals surface area contributed by atoms with Gasteiger partial charge in [0.1, 0.15) is 11.4 Å². The lowest BCUT2D eigenvalue weighted by molar-refractivity contribution is 0.0735. The van der Waals surface area contributed by atoms with Gasteiger partial charge in [-0.05, 0) is 68.7 Å². The van der Waals surface area contributed by atoms with E-state index in [1.807, 2.05) is 41.3 Å². The summed E-state index contributed by atoms with van der Waals surface area (Å²) >= 11 is 0. The largest absolute Gasteiger partial charge is 0.497 e. The summed E-state index contributed by atoms with van der Waals surface area (Å²) in [6.07, 6.45) is 1.94. The van der Waals surface area contributed by atoms with E-state index in [0.29, 0.717) is 5.56 Å². The number of aliphatic hydroxyl groups is 1. The molecule has 2 aromatic rings. The Balaban J connectivity index is 1.78. The van der Waals surface area contributed by atoms with E-state index < -0.39 is 5.60 Å². The van der Waals surface area contributed by atoms with Crippen LogP contribution in [0.5, 0.6) is 5.75 Å². The third-order valence-corrected chi connectivity index (χ3v) is 4.64. The van der Waals surface area contributed by atoms with Gasteiger partial charge in [0.15, 0.2) is 0 Å². The van der Waals surface area contributed by atoms with E-state index in [1.165, 1.54) is 0 Å². The Morgan fingerprint density at radius 3 is 2.63 bits per heavy atom. The third-order valence-electron chi connectivity index (χ3n) is 4.64. The van der Waals surface area contributed by atoms with Gasteiger partial charge >= 0.3 is 0 Å². The monoisotopic (exact) mass is 363 g/mol. The van der Waals surface area contributed by atoms with Gasteiger partial charge in [0.05, 0.1) is 13.2 Å². The van der Waals surface area contributed by atoms with E-state index in [-0.39, 0.29) is 11.9 Å². The number of hydrogen-bond donors (Lipinski definition) is 1. The molecular formula is C23H25NO3. The number of likely N-dealkylation sites (tertiary alicyclic amines) is 1. The van der Waals surface area contributed by atoms with Crippen molar-refractivity contribution in [3.05, 3.63) is 65.2 Å². The van der Waals surface area contributed by atoms with Crippen LogP contribution in [0.1, 0.15) is 54.2 Å². The van der Waals surface area contributed by atoms with Gasteiger partial charge in [-0.15, -0.1) is 0 Å². The standard InChI is InChI=1S/C23H25NO3/c1-23(2,26)14-13-17-9-11-18(12-10-17)22(25)24-15-5-8-21(24)19-6-4-7-20(16-19)27-3/h4,6-7,9-12,16,21,26H,5,8,15H2,1-3H3/t21-/m1/s1. The van der Waals surface area contributed by atoms with Gasteiger partial charge < -0.3 is 14.7 Å². The number of carbonyl (C=O) groups excluding carboxylic acids is 1. The van der Waals surface area contributed by atoms with Crippen molar-refractivity contribution in [3.63, 3.8) is 0 Å². The van der Waals surface area contributed by atoms with Crippen molar-refractivity contribution in [1.29, 1.82) is 0 Å². The Labute approximate surface area is 160 Å². The second-order valence-electron chi connectivity index (χ2n) is 7.32. The van der Waals surface area contributed by atoms with Crippen LogP contribution in [0.25, 0.3) is 0 Å². The Morgan fingerprint density at radius 2 is 1.96 bits per heavy atom. The van der Waals surface area contributed by atoms with Gasteiger partial charge in [0.25, 0.3) is 5.91 Å². The van der Waals surface area contributed by atoms with Crippen molar-refractivity contribution in [2.24, 2.45) is 0 Å². The minimum absolute atomic E-state index is 0.0299. The maximum atomic E-state index is 13.0. The molecule has 2 aromatic carbocycles. The molecule has 0 aliphatic carbocycles. The molecule has 1 saturated heterocycles. The SMILES string of the molecule is COc1cccc([C@H]2CCCN2C(=O)c2ccc(C#CC(C)(C)O)cc2)c1. The molecule has 0 saturated carbocycles. The van der Waals surface area contributed by atoms with Crippen LogP contribution in [-0.2, 0) is 0 Å². The number of hydrogen-bond acceptors (Lipinski definition) is 3. The van der Waals surface area contributed by atoms with Crippen molar-refractivity contribution < 1.29 is 14.6 Å². The van der Waals surface area contributed by atoms with E-state index in [1.54, 1.807) is 33.1 Å². The number of nitrogens with zero attached hydrogens (tertiary/aromatic N) is 1. The number of ether oxygens (including phenoxy) is 1. The predicted octanol–water partition coefficient (Wildman–Crippen LogP) is 3.79. The van der Waals surface area contributed by atoms with Gasteiger partial charge in [0.2, 0.25) is 0 Å². The molecule has 140 valence electrons. The van der Waals surface area contributed by atoms with Crippen LogP contribution in [-0.4, -0.2) is 35.2 Å². The highest BCUT2D eigenvalue weighted by Crippen LogP contribution is 2.34. The number of carbonyl (C=O) groups is 1. The summed E-state index contributed by atoms with van der Waals surface area (Å²) in [4.78, 5) is 15.0. The minimum Gasteiger partial charge on any atom is -0.497 e. The van der Waals surface area contributed by atoms with E-state index >= 15 is 0 Å². The normalized spacial score (nSPS) is 16.6. The zero-order valence-electron chi connectivity index (χ0n) is 16.0. The van der Waals surface area contributed by atoms with Crippen molar-refractivity contribution >= 4 is 5.91 Å². The summed E-state index contributed by atoms with van der Waals surface area (Å²) < 4.78 is 5.32. The van der Waals surface area contributed by atoms with Crippen LogP contribution in [0.4, 0.5) is 0 Å². The zero-order valence-corrected chi connectivity index (χ0v) is 16.0. The molecule has 1 fully saturated rings. The highest BCUT2D eigenvalue weighted by Gasteiger charge is 2.30. The van der Waals surface area contributed by atoms with Crippen LogP contribution >= 0.6 is 0 Å². The maximum Gasteiger partial charge on any atom is 0.254 e. The number of amides is 1. The molecule has 1 aliphatic heterocycles. The molecule has 0 bridgehead atoms. The van der Waals surface area contributed by atoms with Gasteiger partial charge in [-0.1, -0.05) is 24.0 Å². The first-order valence-corrected chi connectivity index (χ1v) is 9.18. The van der Waals surface area contributed by atoms with Crippen LogP contribution in [0.2, 0.25) is 0 Å². The lowest BCUT2D eigenvalue weighted by Crippen LogP contribution is -2.30. The number of rotatable bonds is 3. The topological polar surface area (TPSA) is 49.8 Å². The molecule has 1 amide bonds. The fourth-order valence-corrected chi connectivity index (χ4v) is 3.29. The summed E-state index contributed by atoms with van der Waals surface area (Å²) in [6.45, 7) is 4.04. The fraction of sp³-hybridized carbons (Fsp3) is 0.348. The summed E-state index contributed by atoms with van der Waals surface area (Å²) in [5, 5.41) is 9.70. The quantitative estimate of drug-likeness (QED) is 0.844. The third kappa shape index (κ3) is 4.69. The summed E-state index contributed by atoms with van der Waals surface area (Å²) in [5.41, 5.74) is 1.50. The Morgan fingerprint density at radius 1 is 1.22 bits per heavy atom. The lowest BCUT2D eigenvalue weighted by Gasteiger charge is -2.25. The molecule has 0 spiro atoms. The molecule has 27 heavy (non-hydrogen) atoms. The van der Waals surface area contributed by atoms with Crippen molar-refractivity contribution in [2.75, 3.05) is 13.7 Å². The first-order valence-electron chi connectivity index (χ1n) is 9.18. The van der Waals surface area contributed by atoms with Gasteiger partial charge in [-0.25, -0.2) is 0 Å². The van der Waals surface area contributed by atoms with E-state index in [4.69, 9.17) is 4.74 Å². The Hall–Kier alpha value is -2.77. The maximum absolute atomic E-state index is 13.0. The summed E-state index contributed by atoms with van der Waals surface area (Å²) in [7, 11) is 1.65. The second kappa shape index (κ2) is 7.85. The van der Waals surface area contributed by atoms with Gasteiger partial charge in [-0.2, -0.15) is 0 Å². The molecule has 1 aliphatic rings. The van der Waals surface area contributed by atoms with Crippen molar-refractivity contribution in [1.82, 2.24) is 4.90 Å². The van der Waals surface area contributed by atoms with Crippen LogP contribution in [0, 0.1) is 11.8 Å². The summed E-state index contributed by atoms with van der Waals surface area (Å²) in [6, 6.07) is 15.3. The smallest absolute Gasteiger partial charge is 0.254 e. The molecule has 0 radical (unpaired) electrons. The average Bonchev–Trinajstić information content (AvgIpc) is 3.15. The first-order chi connectivity index (χ1) is 12.9. The fourth-order valence-electron chi connectivity index (χ4n) is 3.29. The van der Waals surface area contributed by atoms with E-state index in [2.05, 4.69) is 11.8 Å². The molecule has 1 atom stereocenters. The van der Waals surface area contributed by atoms with Gasteiger partial charge in [-0.3, -0.25) is 4.79 Å². The highest BCUT2D eigenvalue weighted by atomic mass is 16.5. The van der Waals surface area contributed by atoms with Crippen LogP contribution in [0.15, 0.2) is 48.5 Å². The van der Waals surface area contributed by atoms with E-state index in [0.717, 1.165) is 36.3 Å².